The highest BCUT2D eigenvalue weighted by molar-refractivity contribution is 6.02. The summed E-state index contributed by atoms with van der Waals surface area (Å²) in [6.07, 6.45) is 0.188. The second-order valence-electron chi connectivity index (χ2n) is 5.33. The summed E-state index contributed by atoms with van der Waals surface area (Å²) >= 11 is 0. The predicted molar refractivity (Wildman–Crippen MR) is 92.1 cm³/mol. The zero-order chi connectivity index (χ0) is 17.5. The molecule has 0 saturated heterocycles. The Kier molecular flexibility index (Phi) is 5.68. The fourth-order valence-electron chi connectivity index (χ4n) is 2.15. The van der Waals surface area contributed by atoms with Crippen LogP contribution in [-0.2, 0) is 0 Å². The average Bonchev–Trinajstić information content (AvgIpc) is 2.55. The first-order valence-electron chi connectivity index (χ1n) is 7.51. The molecule has 24 heavy (non-hydrogen) atoms. The van der Waals surface area contributed by atoms with Crippen LogP contribution in [0.3, 0.4) is 0 Å². The minimum atomic E-state index is -0.625. The number of hydrogen-bond acceptors (Lipinski definition) is 3. The van der Waals surface area contributed by atoms with Gasteiger partial charge in [0.05, 0.1) is 11.3 Å². The molecule has 0 heterocycles. The Morgan fingerprint density at radius 2 is 1.67 bits per heavy atom. The number of rotatable bonds is 6. The van der Waals surface area contributed by atoms with Crippen molar-refractivity contribution in [1.29, 1.82) is 0 Å². The van der Waals surface area contributed by atoms with Crippen LogP contribution in [0.1, 0.15) is 32.7 Å². The van der Waals surface area contributed by atoms with E-state index in [1.54, 1.807) is 30.3 Å². The molecule has 0 radical (unpaired) electrons. The Balaban J connectivity index is 1.84. The molecule has 0 spiro atoms. The molecule has 0 fully saturated rings. The van der Waals surface area contributed by atoms with Crippen LogP contribution < -0.4 is 16.4 Å². The van der Waals surface area contributed by atoms with E-state index >= 15 is 0 Å². The number of carbonyl (C=O) groups excluding carboxylic acids is 3. The third-order valence-corrected chi connectivity index (χ3v) is 3.45. The van der Waals surface area contributed by atoms with Crippen molar-refractivity contribution in [3.8, 4) is 0 Å². The largest absolute Gasteiger partial charge is 0.366 e. The lowest BCUT2D eigenvalue weighted by Gasteiger charge is -2.10. The summed E-state index contributed by atoms with van der Waals surface area (Å²) in [5, 5.41) is 5.14. The smallest absolute Gasteiger partial charge is 0.319 e. The molecular formula is C18H19N3O3. The summed E-state index contributed by atoms with van der Waals surface area (Å²) < 4.78 is 0. The van der Waals surface area contributed by atoms with Crippen molar-refractivity contribution >= 4 is 23.4 Å². The number of anilines is 1. The van der Waals surface area contributed by atoms with Crippen molar-refractivity contribution in [2.24, 2.45) is 5.73 Å². The number of aryl methyl sites for hydroxylation is 1. The van der Waals surface area contributed by atoms with Gasteiger partial charge in [0.15, 0.2) is 5.78 Å². The highest BCUT2D eigenvalue weighted by atomic mass is 16.2. The summed E-state index contributed by atoms with van der Waals surface area (Å²) in [4.78, 5) is 35.2. The lowest BCUT2D eigenvalue weighted by molar-refractivity contribution is 0.0980. The van der Waals surface area contributed by atoms with Gasteiger partial charge in [-0.1, -0.05) is 42.0 Å². The molecule has 2 aromatic carbocycles. The van der Waals surface area contributed by atoms with Gasteiger partial charge in [-0.2, -0.15) is 0 Å². The first-order valence-corrected chi connectivity index (χ1v) is 7.51. The molecule has 6 heteroatoms. The highest BCUT2D eigenvalue weighted by Crippen LogP contribution is 2.13. The number of benzene rings is 2. The minimum absolute atomic E-state index is 0.0483. The van der Waals surface area contributed by atoms with E-state index < -0.39 is 11.9 Å². The fourth-order valence-corrected chi connectivity index (χ4v) is 2.15. The maximum atomic E-state index is 12.0. The molecule has 2 rings (SSSR count). The van der Waals surface area contributed by atoms with E-state index in [0.29, 0.717) is 11.3 Å². The number of primary amides is 1. The summed E-state index contributed by atoms with van der Waals surface area (Å²) in [5.74, 6) is -0.673. The van der Waals surface area contributed by atoms with Gasteiger partial charge in [-0.15, -0.1) is 0 Å². The van der Waals surface area contributed by atoms with Gasteiger partial charge < -0.3 is 16.4 Å². The summed E-state index contributed by atoms with van der Waals surface area (Å²) in [6.45, 7) is 2.14. The van der Waals surface area contributed by atoms with E-state index in [4.69, 9.17) is 5.73 Å². The van der Waals surface area contributed by atoms with Gasteiger partial charge in [-0.3, -0.25) is 9.59 Å². The molecule has 124 valence electrons. The fraction of sp³-hybridized carbons (Fsp3) is 0.167. The van der Waals surface area contributed by atoms with Crippen molar-refractivity contribution in [1.82, 2.24) is 5.32 Å². The molecule has 6 nitrogen and oxygen atoms in total. The summed E-state index contributed by atoms with van der Waals surface area (Å²) in [5.41, 5.74) is 7.50. The Bertz CT molecular complexity index is 754. The molecule has 0 aromatic heterocycles. The lowest BCUT2D eigenvalue weighted by atomic mass is 10.1. The number of nitrogens with two attached hydrogens (primary N) is 1. The van der Waals surface area contributed by atoms with Gasteiger partial charge in [0.1, 0.15) is 0 Å². The van der Waals surface area contributed by atoms with E-state index in [1.807, 2.05) is 19.1 Å². The maximum absolute atomic E-state index is 12.0. The van der Waals surface area contributed by atoms with Gasteiger partial charge in [0.25, 0.3) is 5.91 Å². The topological polar surface area (TPSA) is 101 Å². The number of carbonyl (C=O) groups is 3. The molecule has 0 aliphatic heterocycles. The van der Waals surface area contributed by atoms with Gasteiger partial charge in [0.2, 0.25) is 0 Å². The van der Waals surface area contributed by atoms with Crippen LogP contribution in [0, 0.1) is 6.92 Å². The van der Waals surface area contributed by atoms with Crippen LogP contribution in [0.2, 0.25) is 0 Å². The predicted octanol–water partition coefficient (Wildman–Crippen LogP) is 2.49. The molecule has 0 aliphatic carbocycles. The van der Waals surface area contributed by atoms with Crippen LogP contribution in [0.25, 0.3) is 0 Å². The third-order valence-electron chi connectivity index (χ3n) is 3.45. The van der Waals surface area contributed by atoms with Crippen LogP contribution in [0.15, 0.2) is 48.5 Å². The van der Waals surface area contributed by atoms with E-state index in [0.717, 1.165) is 5.56 Å². The van der Waals surface area contributed by atoms with Crippen LogP contribution in [0.4, 0.5) is 10.5 Å². The molecule has 0 bridgehead atoms. The average molecular weight is 325 g/mol. The Morgan fingerprint density at radius 1 is 1.00 bits per heavy atom. The van der Waals surface area contributed by atoms with Crippen molar-refractivity contribution in [3.63, 3.8) is 0 Å². The van der Waals surface area contributed by atoms with Gasteiger partial charge in [-0.25, -0.2) is 4.79 Å². The summed E-state index contributed by atoms with van der Waals surface area (Å²) in [7, 11) is 0. The zero-order valence-electron chi connectivity index (χ0n) is 13.3. The van der Waals surface area contributed by atoms with E-state index in [9.17, 15) is 14.4 Å². The molecule has 4 N–H and O–H groups in total. The lowest BCUT2D eigenvalue weighted by Crippen LogP contribution is -2.31. The number of para-hydroxylation sites is 1. The second kappa shape index (κ2) is 7.92. The van der Waals surface area contributed by atoms with E-state index in [-0.39, 0.29) is 24.3 Å². The first-order chi connectivity index (χ1) is 11.5. The Labute approximate surface area is 140 Å². The quantitative estimate of drug-likeness (QED) is 0.711. The molecule has 2 aromatic rings. The van der Waals surface area contributed by atoms with Crippen molar-refractivity contribution in [2.45, 2.75) is 13.3 Å². The minimum Gasteiger partial charge on any atom is -0.366 e. The van der Waals surface area contributed by atoms with E-state index in [2.05, 4.69) is 10.6 Å². The van der Waals surface area contributed by atoms with Gasteiger partial charge in [-0.05, 0) is 19.1 Å². The molecule has 0 saturated carbocycles. The zero-order valence-corrected chi connectivity index (χ0v) is 13.3. The monoisotopic (exact) mass is 325 g/mol. The van der Waals surface area contributed by atoms with Gasteiger partial charge in [0, 0.05) is 18.5 Å². The summed E-state index contributed by atoms with van der Waals surface area (Å²) in [6, 6.07) is 13.2. The van der Waals surface area contributed by atoms with E-state index in [1.165, 1.54) is 6.07 Å². The maximum Gasteiger partial charge on any atom is 0.319 e. The van der Waals surface area contributed by atoms with Crippen LogP contribution in [-0.4, -0.2) is 24.3 Å². The Morgan fingerprint density at radius 3 is 2.33 bits per heavy atom. The SMILES string of the molecule is Cc1ccc(C(=O)CCNC(=O)Nc2ccccc2C(N)=O)cc1. The second-order valence-corrected chi connectivity index (χ2v) is 5.33. The van der Waals surface area contributed by atoms with Crippen molar-refractivity contribution < 1.29 is 14.4 Å². The molecule has 3 amide bonds. The first kappa shape index (κ1) is 17.2. The molecule has 0 atom stereocenters. The normalized spacial score (nSPS) is 10.0. The van der Waals surface area contributed by atoms with Gasteiger partial charge >= 0.3 is 6.03 Å². The van der Waals surface area contributed by atoms with Crippen LogP contribution >= 0.6 is 0 Å². The van der Waals surface area contributed by atoms with Crippen molar-refractivity contribution in [3.05, 3.63) is 65.2 Å². The number of hydrogen-bond donors (Lipinski definition) is 3. The number of ketones is 1. The Hall–Kier alpha value is -3.15. The standard InChI is InChI=1S/C18H19N3O3/c1-12-6-8-13(9-7-12)16(22)10-11-20-18(24)21-15-5-3-2-4-14(15)17(19)23/h2-9H,10-11H2,1H3,(H2,19,23)(H2,20,21,24). The van der Waals surface area contributed by atoms with Crippen LogP contribution in [0.5, 0.6) is 0 Å². The number of amides is 3. The third kappa shape index (κ3) is 4.67. The highest BCUT2D eigenvalue weighted by Gasteiger charge is 2.11. The number of nitrogens with one attached hydrogen (secondary N) is 2. The molecule has 0 aliphatic rings. The van der Waals surface area contributed by atoms with Crippen molar-refractivity contribution in [2.75, 3.05) is 11.9 Å². The number of urea groups is 1. The number of Topliss-reactive ketones (excluding diaryl/α,β-unsaturated/α-hetero) is 1. The molecule has 0 unspecified atom stereocenters. The molecular weight excluding hydrogens is 306 g/mol.